The SMILES string of the molecule is CC(=O)N1CCC(C(=O)N2CCCCCC2C(=O)O)CC1. The van der Waals surface area contributed by atoms with E-state index in [1.54, 1.807) is 9.80 Å². The summed E-state index contributed by atoms with van der Waals surface area (Å²) in [7, 11) is 0. The van der Waals surface area contributed by atoms with Crippen molar-refractivity contribution < 1.29 is 19.5 Å². The number of amides is 2. The van der Waals surface area contributed by atoms with Crippen molar-refractivity contribution in [2.75, 3.05) is 19.6 Å². The van der Waals surface area contributed by atoms with Crippen molar-refractivity contribution in [3.05, 3.63) is 0 Å². The molecular weight excluding hydrogens is 272 g/mol. The van der Waals surface area contributed by atoms with E-state index in [0.29, 0.717) is 38.9 Å². The average molecular weight is 296 g/mol. The molecule has 1 unspecified atom stereocenters. The van der Waals surface area contributed by atoms with Gasteiger partial charge in [-0.1, -0.05) is 12.8 Å². The van der Waals surface area contributed by atoms with Gasteiger partial charge < -0.3 is 14.9 Å². The molecule has 2 heterocycles. The molecule has 1 N–H and O–H groups in total. The van der Waals surface area contributed by atoms with Crippen LogP contribution in [0.4, 0.5) is 0 Å². The van der Waals surface area contributed by atoms with E-state index in [2.05, 4.69) is 0 Å². The van der Waals surface area contributed by atoms with Gasteiger partial charge in [0.1, 0.15) is 6.04 Å². The number of nitrogens with zero attached hydrogens (tertiary/aromatic N) is 2. The van der Waals surface area contributed by atoms with Gasteiger partial charge >= 0.3 is 5.97 Å². The van der Waals surface area contributed by atoms with Gasteiger partial charge in [-0.05, 0) is 25.7 Å². The number of hydrogen-bond acceptors (Lipinski definition) is 3. The first kappa shape index (κ1) is 15.8. The van der Waals surface area contributed by atoms with Crippen molar-refractivity contribution in [3.63, 3.8) is 0 Å². The summed E-state index contributed by atoms with van der Waals surface area (Å²) in [5, 5.41) is 9.35. The van der Waals surface area contributed by atoms with Gasteiger partial charge in [0.15, 0.2) is 0 Å². The number of carbonyl (C=O) groups excluding carboxylic acids is 2. The second kappa shape index (κ2) is 6.91. The first-order valence-electron chi connectivity index (χ1n) is 7.79. The zero-order chi connectivity index (χ0) is 15.4. The third-order valence-corrected chi connectivity index (χ3v) is 4.61. The number of carbonyl (C=O) groups is 3. The van der Waals surface area contributed by atoms with Crippen LogP contribution in [0.2, 0.25) is 0 Å². The summed E-state index contributed by atoms with van der Waals surface area (Å²) in [4.78, 5) is 38.7. The minimum atomic E-state index is -0.897. The molecule has 0 aromatic carbocycles. The van der Waals surface area contributed by atoms with E-state index in [9.17, 15) is 19.5 Å². The molecule has 0 spiro atoms. The van der Waals surface area contributed by atoms with Crippen LogP contribution in [0.5, 0.6) is 0 Å². The zero-order valence-electron chi connectivity index (χ0n) is 12.6. The summed E-state index contributed by atoms with van der Waals surface area (Å²) >= 11 is 0. The van der Waals surface area contributed by atoms with Crippen LogP contribution in [0.15, 0.2) is 0 Å². The van der Waals surface area contributed by atoms with Crippen LogP contribution < -0.4 is 0 Å². The molecule has 2 amide bonds. The molecular formula is C15H24N2O4. The summed E-state index contributed by atoms with van der Waals surface area (Å²) < 4.78 is 0. The highest BCUT2D eigenvalue weighted by molar-refractivity contribution is 5.85. The van der Waals surface area contributed by atoms with E-state index in [0.717, 1.165) is 19.3 Å². The van der Waals surface area contributed by atoms with Gasteiger partial charge in [-0.3, -0.25) is 9.59 Å². The Labute approximate surface area is 125 Å². The summed E-state index contributed by atoms with van der Waals surface area (Å²) in [5.41, 5.74) is 0. The lowest BCUT2D eigenvalue weighted by atomic mass is 9.94. The van der Waals surface area contributed by atoms with Crippen LogP contribution in [0.25, 0.3) is 0 Å². The predicted molar refractivity (Wildman–Crippen MR) is 76.6 cm³/mol. The maximum absolute atomic E-state index is 12.7. The first-order chi connectivity index (χ1) is 10.0. The molecule has 2 rings (SSSR count). The standard InChI is InChI=1S/C15H24N2O4/c1-11(18)16-9-6-12(7-10-16)14(19)17-8-4-2-3-5-13(17)15(20)21/h12-13H,2-10H2,1H3,(H,20,21). The summed E-state index contributed by atoms with van der Waals surface area (Å²) in [5.74, 6) is -1.03. The van der Waals surface area contributed by atoms with Crippen molar-refractivity contribution >= 4 is 17.8 Å². The molecule has 6 nitrogen and oxygen atoms in total. The monoisotopic (exact) mass is 296 g/mol. The summed E-state index contributed by atoms with van der Waals surface area (Å²) in [6.45, 7) is 3.27. The fraction of sp³-hybridized carbons (Fsp3) is 0.800. The molecule has 0 aliphatic carbocycles. The van der Waals surface area contributed by atoms with E-state index in [1.165, 1.54) is 6.92 Å². The van der Waals surface area contributed by atoms with Crippen LogP contribution in [-0.4, -0.2) is 58.4 Å². The molecule has 2 aliphatic heterocycles. The van der Waals surface area contributed by atoms with E-state index in [-0.39, 0.29) is 17.7 Å². The third-order valence-electron chi connectivity index (χ3n) is 4.61. The lowest BCUT2D eigenvalue weighted by molar-refractivity contribution is -0.153. The summed E-state index contributed by atoms with van der Waals surface area (Å²) in [6.07, 6.45) is 4.55. The Morgan fingerprint density at radius 1 is 0.952 bits per heavy atom. The quantitative estimate of drug-likeness (QED) is 0.827. The molecule has 118 valence electrons. The lowest BCUT2D eigenvalue weighted by Gasteiger charge is -2.35. The Morgan fingerprint density at radius 2 is 1.62 bits per heavy atom. The highest BCUT2D eigenvalue weighted by Crippen LogP contribution is 2.24. The molecule has 0 saturated carbocycles. The molecule has 6 heteroatoms. The number of piperidine rings is 1. The third kappa shape index (κ3) is 3.74. The molecule has 2 saturated heterocycles. The van der Waals surface area contributed by atoms with Crippen LogP contribution in [-0.2, 0) is 14.4 Å². The molecule has 2 fully saturated rings. The maximum atomic E-state index is 12.7. The fourth-order valence-electron chi connectivity index (χ4n) is 3.30. The number of likely N-dealkylation sites (tertiary alicyclic amines) is 2. The zero-order valence-corrected chi connectivity index (χ0v) is 12.6. The molecule has 2 aliphatic rings. The number of aliphatic carboxylic acids is 1. The minimum absolute atomic E-state index is 0.0347. The topological polar surface area (TPSA) is 77.9 Å². The van der Waals surface area contributed by atoms with Crippen LogP contribution in [0.1, 0.15) is 45.4 Å². The van der Waals surface area contributed by atoms with Gasteiger partial charge in [0, 0.05) is 32.5 Å². The number of rotatable bonds is 2. The Bertz CT molecular complexity index is 416. The van der Waals surface area contributed by atoms with Gasteiger partial charge in [-0.25, -0.2) is 4.79 Å². The highest BCUT2D eigenvalue weighted by atomic mass is 16.4. The lowest BCUT2D eigenvalue weighted by Crippen LogP contribution is -2.49. The number of carboxylic acids is 1. The predicted octanol–water partition coefficient (Wildman–Crippen LogP) is 1.10. The van der Waals surface area contributed by atoms with E-state index >= 15 is 0 Å². The van der Waals surface area contributed by atoms with E-state index in [4.69, 9.17) is 0 Å². The van der Waals surface area contributed by atoms with Gasteiger partial charge in [-0.2, -0.15) is 0 Å². The molecule has 0 aromatic heterocycles. The van der Waals surface area contributed by atoms with Crippen molar-refractivity contribution in [1.29, 1.82) is 0 Å². The van der Waals surface area contributed by atoms with Gasteiger partial charge in [0.05, 0.1) is 0 Å². The van der Waals surface area contributed by atoms with E-state index < -0.39 is 12.0 Å². The van der Waals surface area contributed by atoms with Crippen molar-refractivity contribution in [1.82, 2.24) is 9.80 Å². The first-order valence-corrected chi connectivity index (χ1v) is 7.79. The summed E-state index contributed by atoms with van der Waals surface area (Å²) in [6, 6.07) is -0.675. The molecule has 0 radical (unpaired) electrons. The van der Waals surface area contributed by atoms with Crippen LogP contribution >= 0.6 is 0 Å². The minimum Gasteiger partial charge on any atom is -0.480 e. The second-order valence-electron chi connectivity index (χ2n) is 6.02. The van der Waals surface area contributed by atoms with Crippen LogP contribution in [0.3, 0.4) is 0 Å². The number of hydrogen-bond donors (Lipinski definition) is 1. The highest BCUT2D eigenvalue weighted by Gasteiger charge is 2.35. The van der Waals surface area contributed by atoms with Crippen LogP contribution in [0, 0.1) is 5.92 Å². The Morgan fingerprint density at radius 3 is 2.19 bits per heavy atom. The fourth-order valence-corrected chi connectivity index (χ4v) is 3.30. The molecule has 0 aromatic rings. The van der Waals surface area contributed by atoms with Gasteiger partial charge in [0.2, 0.25) is 11.8 Å². The Balaban J connectivity index is 2.00. The average Bonchev–Trinajstić information content (AvgIpc) is 2.72. The largest absolute Gasteiger partial charge is 0.480 e. The van der Waals surface area contributed by atoms with Crippen molar-refractivity contribution in [3.8, 4) is 0 Å². The molecule has 0 bridgehead atoms. The Hall–Kier alpha value is -1.59. The molecule has 1 atom stereocenters. The number of carboxylic acid groups (broad SMARTS) is 1. The Kier molecular flexibility index (Phi) is 5.20. The smallest absolute Gasteiger partial charge is 0.326 e. The molecule has 21 heavy (non-hydrogen) atoms. The van der Waals surface area contributed by atoms with Gasteiger partial charge in [0.25, 0.3) is 0 Å². The second-order valence-corrected chi connectivity index (χ2v) is 6.02. The maximum Gasteiger partial charge on any atom is 0.326 e. The van der Waals surface area contributed by atoms with Crippen molar-refractivity contribution in [2.45, 2.75) is 51.5 Å². The van der Waals surface area contributed by atoms with E-state index in [1.807, 2.05) is 0 Å². The normalized spacial score (nSPS) is 24.5. The van der Waals surface area contributed by atoms with Gasteiger partial charge in [-0.15, -0.1) is 0 Å². The van der Waals surface area contributed by atoms with Crippen molar-refractivity contribution in [2.24, 2.45) is 5.92 Å².